The molecule has 10 nitrogen and oxygen atoms in total. The van der Waals surface area contributed by atoms with Gasteiger partial charge < -0.3 is 29.4 Å². The smallest absolute Gasteiger partial charge is 0.461 e. The molecule has 214 valence electrons. The van der Waals surface area contributed by atoms with Crippen molar-refractivity contribution in [3.63, 3.8) is 0 Å². The highest BCUT2D eigenvalue weighted by atomic mass is 16.7. The molecule has 0 aliphatic heterocycles. The van der Waals surface area contributed by atoms with Gasteiger partial charge in [0.25, 0.3) is 0 Å². The molecule has 0 radical (unpaired) electrons. The summed E-state index contributed by atoms with van der Waals surface area (Å²) < 4.78 is 26.2. The van der Waals surface area contributed by atoms with Gasteiger partial charge in [-0.15, -0.1) is 0 Å². The molecule has 0 saturated heterocycles. The number of benzene rings is 1. The van der Waals surface area contributed by atoms with Gasteiger partial charge in [0.2, 0.25) is 0 Å². The normalized spacial score (nSPS) is 14.1. The van der Waals surface area contributed by atoms with Crippen molar-refractivity contribution >= 4 is 24.1 Å². The second kappa shape index (κ2) is 16.7. The molecule has 0 amide bonds. The minimum Gasteiger partial charge on any atom is -0.461 e. The van der Waals surface area contributed by atoms with Crippen molar-refractivity contribution in [3.8, 4) is 11.5 Å². The van der Waals surface area contributed by atoms with Crippen molar-refractivity contribution in [1.29, 1.82) is 0 Å². The van der Waals surface area contributed by atoms with Crippen molar-refractivity contribution in [2.45, 2.75) is 98.8 Å². The molecule has 0 fully saturated rings. The second-order valence-corrected chi connectivity index (χ2v) is 9.79. The first kappa shape index (κ1) is 32.9. The summed E-state index contributed by atoms with van der Waals surface area (Å²) in [4.78, 5) is 49.1. The van der Waals surface area contributed by atoms with Crippen molar-refractivity contribution < 1.29 is 42.9 Å². The molecule has 4 atom stereocenters. The van der Waals surface area contributed by atoms with Crippen molar-refractivity contribution in [2.24, 2.45) is 17.6 Å². The summed E-state index contributed by atoms with van der Waals surface area (Å²) >= 11 is 0. The molecular formula is C28H43NO9. The maximum absolute atomic E-state index is 12.6. The molecule has 38 heavy (non-hydrogen) atoms. The number of carbonyl (C=O) groups excluding carboxylic acids is 4. The number of carbonyl (C=O) groups is 4. The van der Waals surface area contributed by atoms with Crippen LogP contribution in [0.15, 0.2) is 18.2 Å². The highest BCUT2D eigenvalue weighted by molar-refractivity contribution is 5.79. The Kier molecular flexibility index (Phi) is 14.4. The van der Waals surface area contributed by atoms with Crippen molar-refractivity contribution in [2.75, 3.05) is 6.61 Å². The molecule has 0 spiro atoms. The van der Waals surface area contributed by atoms with Gasteiger partial charge >= 0.3 is 24.1 Å². The van der Waals surface area contributed by atoms with Gasteiger partial charge in [0.05, 0.1) is 17.9 Å². The third kappa shape index (κ3) is 11.9. The van der Waals surface area contributed by atoms with Crippen LogP contribution in [0.1, 0.15) is 79.7 Å². The van der Waals surface area contributed by atoms with Gasteiger partial charge in [-0.3, -0.25) is 14.4 Å². The molecule has 10 heteroatoms. The first-order valence-corrected chi connectivity index (χ1v) is 13.2. The number of nitrogens with two attached hydrogens (primary N) is 1. The summed E-state index contributed by atoms with van der Waals surface area (Å²) in [5.41, 5.74) is 6.61. The Labute approximate surface area is 225 Å². The number of rotatable bonds is 15. The molecule has 0 aliphatic carbocycles. The predicted molar refractivity (Wildman–Crippen MR) is 141 cm³/mol. The van der Waals surface area contributed by atoms with Gasteiger partial charge in [-0.2, -0.15) is 0 Å². The zero-order chi connectivity index (χ0) is 28.8. The van der Waals surface area contributed by atoms with E-state index in [9.17, 15) is 19.2 Å². The largest absolute Gasteiger partial charge is 0.508 e. The standard InChI is InChI=1S/C28H43NO9/c1-8-10-18(5)25(30)37-23-13-12-21(15-24(23)38-26(31)19(6)11-9-2)14-22(29)27(32)34-16-20(7)36-28(33)35-17(3)4/h12-13,15,17-20,22H,8-11,14,16,29H2,1-7H3/t18?,19?,20-,22-/m0/s1. The van der Waals surface area contributed by atoms with Crippen LogP contribution in [0.2, 0.25) is 0 Å². The Hall–Kier alpha value is -3.14. The van der Waals surface area contributed by atoms with E-state index in [0.717, 1.165) is 12.8 Å². The van der Waals surface area contributed by atoms with Gasteiger partial charge in [0.1, 0.15) is 18.8 Å². The van der Waals surface area contributed by atoms with Crippen molar-refractivity contribution in [3.05, 3.63) is 23.8 Å². The zero-order valence-corrected chi connectivity index (χ0v) is 23.6. The van der Waals surface area contributed by atoms with Crippen LogP contribution >= 0.6 is 0 Å². The van der Waals surface area contributed by atoms with E-state index < -0.39 is 36.2 Å². The molecule has 0 bridgehead atoms. The quantitative estimate of drug-likeness (QED) is 0.246. The van der Waals surface area contributed by atoms with Crippen LogP contribution in [0.5, 0.6) is 11.5 Å². The van der Waals surface area contributed by atoms with E-state index in [1.54, 1.807) is 40.7 Å². The third-order valence-corrected chi connectivity index (χ3v) is 5.53. The fourth-order valence-corrected chi connectivity index (χ4v) is 3.43. The fourth-order valence-electron chi connectivity index (χ4n) is 3.43. The van der Waals surface area contributed by atoms with E-state index in [2.05, 4.69) is 0 Å². The molecule has 0 aliphatic rings. The molecule has 0 aromatic heterocycles. The monoisotopic (exact) mass is 537 g/mol. The average Bonchev–Trinajstić information content (AvgIpc) is 2.83. The number of ether oxygens (including phenoxy) is 5. The van der Waals surface area contributed by atoms with Gasteiger partial charge in [-0.25, -0.2) is 4.79 Å². The molecule has 1 rings (SSSR count). The molecular weight excluding hydrogens is 494 g/mol. The Balaban J connectivity index is 2.92. The Bertz CT molecular complexity index is 931. The highest BCUT2D eigenvalue weighted by Crippen LogP contribution is 2.31. The number of esters is 3. The first-order chi connectivity index (χ1) is 17.9. The summed E-state index contributed by atoms with van der Waals surface area (Å²) in [6.07, 6.45) is 1.11. The molecule has 0 saturated carbocycles. The van der Waals surface area contributed by atoms with E-state index in [-0.39, 0.29) is 42.5 Å². The summed E-state index contributed by atoms with van der Waals surface area (Å²) in [5, 5.41) is 0. The summed E-state index contributed by atoms with van der Waals surface area (Å²) in [5.74, 6) is -2.02. The van der Waals surface area contributed by atoms with Crippen molar-refractivity contribution in [1.82, 2.24) is 0 Å². The topological polar surface area (TPSA) is 140 Å². The Morgan fingerprint density at radius 1 is 0.789 bits per heavy atom. The average molecular weight is 538 g/mol. The number of hydrogen-bond donors (Lipinski definition) is 1. The van der Waals surface area contributed by atoms with E-state index in [0.29, 0.717) is 18.4 Å². The third-order valence-electron chi connectivity index (χ3n) is 5.53. The summed E-state index contributed by atoms with van der Waals surface area (Å²) in [6.45, 7) is 12.2. The highest BCUT2D eigenvalue weighted by Gasteiger charge is 2.23. The fraction of sp³-hybridized carbons (Fsp3) is 0.643. The lowest BCUT2D eigenvalue weighted by molar-refractivity contribution is -0.148. The van der Waals surface area contributed by atoms with E-state index >= 15 is 0 Å². The van der Waals surface area contributed by atoms with Crippen LogP contribution < -0.4 is 15.2 Å². The molecule has 2 unspecified atom stereocenters. The van der Waals surface area contributed by atoms with Crippen LogP contribution in [0.4, 0.5) is 4.79 Å². The minimum atomic E-state index is -1.04. The minimum absolute atomic E-state index is 0.0684. The second-order valence-electron chi connectivity index (χ2n) is 9.79. The molecule has 1 aromatic rings. The lowest BCUT2D eigenvalue weighted by Gasteiger charge is -2.18. The van der Waals surface area contributed by atoms with E-state index in [4.69, 9.17) is 29.4 Å². The van der Waals surface area contributed by atoms with Crippen LogP contribution in [0.25, 0.3) is 0 Å². The lowest BCUT2D eigenvalue weighted by atomic mass is 10.0. The summed E-state index contributed by atoms with van der Waals surface area (Å²) in [7, 11) is 0. The SMILES string of the molecule is CCCC(C)C(=O)Oc1ccc(C[C@H](N)C(=O)OC[C@H](C)OC(=O)OC(C)C)cc1OC(=O)C(C)CCC. The van der Waals surface area contributed by atoms with Crippen LogP contribution in [-0.2, 0) is 35.0 Å². The number of hydrogen-bond acceptors (Lipinski definition) is 10. The lowest BCUT2D eigenvalue weighted by Crippen LogP contribution is -2.36. The van der Waals surface area contributed by atoms with Crippen LogP contribution in [0, 0.1) is 11.8 Å². The maximum Gasteiger partial charge on any atom is 0.508 e. The van der Waals surface area contributed by atoms with Gasteiger partial charge in [-0.1, -0.05) is 46.6 Å². The maximum atomic E-state index is 12.6. The van der Waals surface area contributed by atoms with E-state index in [1.807, 2.05) is 13.8 Å². The van der Waals surface area contributed by atoms with Crippen LogP contribution in [-0.4, -0.2) is 48.9 Å². The van der Waals surface area contributed by atoms with Gasteiger partial charge in [0, 0.05) is 0 Å². The Morgan fingerprint density at radius 2 is 1.34 bits per heavy atom. The summed E-state index contributed by atoms with van der Waals surface area (Å²) in [6, 6.07) is 3.66. The predicted octanol–water partition coefficient (Wildman–Crippen LogP) is 4.73. The zero-order valence-electron chi connectivity index (χ0n) is 23.6. The van der Waals surface area contributed by atoms with Gasteiger partial charge in [-0.05, 0) is 57.7 Å². The molecule has 1 aromatic carbocycles. The molecule has 2 N–H and O–H groups in total. The first-order valence-electron chi connectivity index (χ1n) is 13.2. The molecule has 0 heterocycles. The Morgan fingerprint density at radius 3 is 1.87 bits per heavy atom. The van der Waals surface area contributed by atoms with E-state index in [1.165, 1.54) is 12.1 Å². The van der Waals surface area contributed by atoms with Crippen LogP contribution in [0.3, 0.4) is 0 Å². The van der Waals surface area contributed by atoms with Gasteiger partial charge in [0.15, 0.2) is 11.5 Å².